The molecular formula is C15H9F3N4. The van der Waals surface area contributed by atoms with Gasteiger partial charge in [-0.15, -0.1) is 0 Å². The van der Waals surface area contributed by atoms with Gasteiger partial charge >= 0.3 is 0 Å². The fraction of sp³-hybridized carbons (Fsp3) is 0.0667. The summed E-state index contributed by atoms with van der Waals surface area (Å²) >= 11 is 0. The van der Waals surface area contributed by atoms with Crippen molar-refractivity contribution in [2.45, 2.75) is 6.54 Å². The van der Waals surface area contributed by atoms with E-state index in [1.165, 1.54) is 0 Å². The Hall–Kier alpha value is -3.01. The molecule has 2 aromatic carbocycles. The summed E-state index contributed by atoms with van der Waals surface area (Å²) in [5, 5.41) is 11.6. The molecular weight excluding hydrogens is 293 g/mol. The van der Waals surface area contributed by atoms with Gasteiger partial charge in [-0.3, -0.25) is 0 Å². The monoisotopic (exact) mass is 302 g/mol. The number of nitriles is 1. The lowest BCUT2D eigenvalue weighted by Crippen LogP contribution is -2.05. The standard InChI is InChI=1S/C15H9F3N4/c16-10-3-2-9(13(17)14(10)18)7-20-15-21-11-4-1-8(6-19)5-12(11)22-15/h1-5H,7H2,(H2,20,21,22). The molecule has 3 aromatic rings. The molecule has 7 heteroatoms. The van der Waals surface area contributed by atoms with Crippen molar-refractivity contribution in [3.05, 3.63) is 58.9 Å². The maximum atomic E-state index is 13.5. The summed E-state index contributed by atoms with van der Waals surface area (Å²) in [5.41, 5.74) is 1.74. The highest BCUT2D eigenvalue weighted by molar-refractivity contribution is 5.78. The van der Waals surface area contributed by atoms with E-state index in [0.29, 0.717) is 22.5 Å². The van der Waals surface area contributed by atoms with Crippen LogP contribution in [0.1, 0.15) is 11.1 Å². The Morgan fingerprint density at radius 2 is 1.95 bits per heavy atom. The number of aromatic nitrogens is 2. The van der Waals surface area contributed by atoms with Crippen LogP contribution in [0.3, 0.4) is 0 Å². The highest BCUT2D eigenvalue weighted by Crippen LogP contribution is 2.18. The van der Waals surface area contributed by atoms with E-state index in [1.807, 2.05) is 6.07 Å². The van der Waals surface area contributed by atoms with Crippen LogP contribution in [-0.2, 0) is 6.54 Å². The highest BCUT2D eigenvalue weighted by atomic mass is 19.2. The molecule has 2 N–H and O–H groups in total. The number of fused-ring (bicyclic) bond motifs is 1. The summed E-state index contributed by atoms with van der Waals surface area (Å²) in [4.78, 5) is 7.13. The molecule has 0 saturated carbocycles. The molecule has 0 aliphatic carbocycles. The third kappa shape index (κ3) is 2.46. The molecule has 22 heavy (non-hydrogen) atoms. The van der Waals surface area contributed by atoms with Gasteiger partial charge in [0, 0.05) is 12.1 Å². The number of halogens is 3. The lowest BCUT2D eigenvalue weighted by molar-refractivity contribution is 0.442. The van der Waals surface area contributed by atoms with Crippen LogP contribution in [-0.4, -0.2) is 9.97 Å². The number of rotatable bonds is 3. The first-order valence-corrected chi connectivity index (χ1v) is 6.34. The minimum atomic E-state index is -1.50. The molecule has 1 heterocycles. The van der Waals surface area contributed by atoms with E-state index in [-0.39, 0.29) is 12.1 Å². The summed E-state index contributed by atoms with van der Waals surface area (Å²) in [6.45, 7) is -0.0615. The molecule has 0 amide bonds. The number of hydrogen-bond acceptors (Lipinski definition) is 3. The van der Waals surface area contributed by atoms with E-state index in [9.17, 15) is 13.2 Å². The van der Waals surface area contributed by atoms with Crippen LogP contribution in [0.25, 0.3) is 11.0 Å². The highest BCUT2D eigenvalue weighted by Gasteiger charge is 2.13. The zero-order valence-electron chi connectivity index (χ0n) is 11.1. The minimum Gasteiger partial charge on any atom is -0.352 e. The molecule has 4 nitrogen and oxygen atoms in total. The first kappa shape index (κ1) is 13.9. The summed E-state index contributed by atoms with van der Waals surface area (Å²) < 4.78 is 39.5. The molecule has 0 unspecified atom stereocenters. The third-order valence-corrected chi connectivity index (χ3v) is 3.17. The molecule has 0 aliphatic heterocycles. The van der Waals surface area contributed by atoms with E-state index in [0.717, 1.165) is 12.1 Å². The lowest BCUT2D eigenvalue weighted by atomic mass is 10.2. The maximum absolute atomic E-state index is 13.5. The summed E-state index contributed by atoms with van der Waals surface area (Å²) in [5.74, 6) is -3.61. The number of nitrogens with zero attached hydrogens (tertiary/aromatic N) is 2. The van der Waals surface area contributed by atoms with Crippen molar-refractivity contribution < 1.29 is 13.2 Å². The number of imidazole rings is 1. The van der Waals surface area contributed by atoms with Crippen molar-refractivity contribution in [3.63, 3.8) is 0 Å². The number of hydrogen-bond donors (Lipinski definition) is 2. The number of benzene rings is 2. The second kappa shape index (κ2) is 5.41. The summed E-state index contributed by atoms with van der Waals surface area (Å²) in [6.07, 6.45) is 0. The van der Waals surface area contributed by atoms with Crippen molar-refractivity contribution in [2.24, 2.45) is 0 Å². The Balaban J connectivity index is 1.82. The van der Waals surface area contributed by atoms with Crippen LogP contribution >= 0.6 is 0 Å². The van der Waals surface area contributed by atoms with E-state index in [2.05, 4.69) is 15.3 Å². The van der Waals surface area contributed by atoms with Gasteiger partial charge in [-0.1, -0.05) is 6.07 Å². The molecule has 0 radical (unpaired) electrons. The fourth-order valence-electron chi connectivity index (χ4n) is 2.04. The minimum absolute atomic E-state index is 0.0166. The number of aromatic amines is 1. The smallest absolute Gasteiger partial charge is 0.201 e. The molecule has 0 bridgehead atoms. The average Bonchev–Trinajstić information content (AvgIpc) is 2.93. The van der Waals surface area contributed by atoms with Gasteiger partial charge in [-0.25, -0.2) is 18.2 Å². The Morgan fingerprint density at radius 1 is 1.14 bits per heavy atom. The molecule has 3 rings (SSSR count). The third-order valence-electron chi connectivity index (χ3n) is 3.17. The Labute approximate surface area is 123 Å². The quantitative estimate of drug-likeness (QED) is 0.728. The number of anilines is 1. The van der Waals surface area contributed by atoms with Crippen LogP contribution in [0.15, 0.2) is 30.3 Å². The van der Waals surface area contributed by atoms with Gasteiger partial charge in [0.1, 0.15) is 0 Å². The van der Waals surface area contributed by atoms with Gasteiger partial charge in [0.05, 0.1) is 22.7 Å². The molecule has 1 aromatic heterocycles. The van der Waals surface area contributed by atoms with Crippen molar-refractivity contribution in [2.75, 3.05) is 5.32 Å². The van der Waals surface area contributed by atoms with Gasteiger partial charge in [-0.05, 0) is 24.3 Å². The van der Waals surface area contributed by atoms with Crippen molar-refractivity contribution >= 4 is 17.0 Å². The van der Waals surface area contributed by atoms with E-state index in [4.69, 9.17) is 5.26 Å². The van der Waals surface area contributed by atoms with E-state index >= 15 is 0 Å². The van der Waals surface area contributed by atoms with Gasteiger partial charge in [0.25, 0.3) is 0 Å². The predicted molar refractivity (Wildman–Crippen MR) is 74.5 cm³/mol. The zero-order chi connectivity index (χ0) is 15.7. The van der Waals surface area contributed by atoms with E-state index < -0.39 is 17.5 Å². The van der Waals surface area contributed by atoms with Gasteiger partial charge in [0.2, 0.25) is 5.95 Å². The van der Waals surface area contributed by atoms with Gasteiger partial charge < -0.3 is 10.3 Å². The van der Waals surface area contributed by atoms with Crippen LogP contribution in [0, 0.1) is 28.8 Å². The Bertz CT molecular complexity index is 896. The SMILES string of the molecule is N#Cc1ccc2nc(NCc3ccc(F)c(F)c3F)[nH]c2c1. The fourth-order valence-corrected chi connectivity index (χ4v) is 2.04. The summed E-state index contributed by atoms with van der Waals surface area (Å²) in [7, 11) is 0. The van der Waals surface area contributed by atoms with Crippen molar-refractivity contribution in [1.82, 2.24) is 9.97 Å². The zero-order valence-corrected chi connectivity index (χ0v) is 11.1. The van der Waals surface area contributed by atoms with Gasteiger partial charge in [-0.2, -0.15) is 5.26 Å². The first-order valence-electron chi connectivity index (χ1n) is 6.34. The summed E-state index contributed by atoms with van der Waals surface area (Å²) in [6, 6.07) is 8.97. The van der Waals surface area contributed by atoms with Crippen LogP contribution in [0.4, 0.5) is 19.1 Å². The molecule has 0 saturated heterocycles. The predicted octanol–water partition coefficient (Wildman–Crippen LogP) is 3.46. The molecule has 0 fully saturated rings. The topological polar surface area (TPSA) is 64.5 Å². The average molecular weight is 302 g/mol. The molecule has 0 spiro atoms. The first-order chi connectivity index (χ1) is 10.6. The Kier molecular flexibility index (Phi) is 3.43. The second-order valence-corrected chi connectivity index (χ2v) is 4.62. The van der Waals surface area contributed by atoms with Crippen molar-refractivity contribution in [3.8, 4) is 6.07 Å². The Morgan fingerprint density at radius 3 is 2.73 bits per heavy atom. The molecule has 0 aliphatic rings. The van der Waals surface area contributed by atoms with Gasteiger partial charge in [0.15, 0.2) is 17.5 Å². The van der Waals surface area contributed by atoms with E-state index in [1.54, 1.807) is 18.2 Å². The molecule has 110 valence electrons. The molecule has 0 atom stereocenters. The number of nitrogens with one attached hydrogen (secondary N) is 2. The van der Waals surface area contributed by atoms with Crippen LogP contribution in [0.2, 0.25) is 0 Å². The van der Waals surface area contributed by atoms with Crippen LogP contribution in [0.5, 0.6) is 0 Å². The second-order valence-electron chi connectivity index (χ2n) is 4.62. The normalized spacial score (nSPS) is 10.6. The lowest BCUT2D eigenvalue weighted by Gasteiger charge is -2.05. The largest absolute Gasteiger partial charge is 0.352 e. The maximum Gasteiger partial charge on any atom is 0.201 e. The van der Waals surface area contributed by atoms with Crippen LogP contribution < -0.4 is 5.32 Å². The number of H-pyrrole nitrogens is 1. The van der Waals surface area contributed by atoms with Crippen molar-refractivity contribution in [1.29, 1.82) is 5.26 Å².